The molecule has 0 aliphatic heterocycles. The quantitative estimate of drug-likeness (QED) is 0.648. The summed E-state index contributed by atoms with van der Waals surface area (Å²) >= 11 is 0. The number of nitrogens with zero attached hydrogens (tertiary/aromatic N) is 2. The monoisotopic (exact) mass is 193 g/mol. The number of aryl methyl sites for hydroxylation is 2. The van der Waals surface area contributed by atoms with E-state index < -0.39 is 0 Å². The average molecular weight is 193 g/mol. The van der Waals surface area contributed by atoms with Crippen LogP contribution in [0.1, 0.15) is 22.7 Å². The van der Waals surface area contributed by atoms with E-state index in [0.717, 1.165) is 28.6 Å². The van der Waals surface area contributed by atoms with Crippen LogP contribution in [-0.4, -0.2) is 5.16 Å². The summed E-state index contributed by atoms with van der Waals surface area (Å²) in [5, 5.41) is 3.91. The van der Waals surface area contributed by atoms with Gasteiger partial charge in [0.1, 0.15) is 0 Å². The Kier molecular flexibility index (Phi) is 1.91. The maximum absolute atomic E-state index is 5.29. The fourth-order valence-corrected chi connectivity index (χ4v) is 1.29. The Bertz CT molecular complexity index is 424. The third kappa shape index (κ3) is 1.14. The van der Waals surface area contributed by atoms with Crippen LogP contribution in [0.5, 0.6) is 0 Å². The Morgan fingerprint density at radius 2 is 1.93 bits per heavy atom. The van der Waals surface area contributed by atoms with Gasteiger partial charge in [0, 0.05) is 13.8 Å². The van der Waals surface area contributed by atoms with Crippen molar-refractivity contribution in [1.29, 1.82) is 0 Å². The van der Waals surface area contributed by atoms with Crippen molar-refractivity contribution < 1.29 is 13.5 Å². The molecule has 0 N–H and O–H groups in total. The lowest BCUT2D eigenvalue weighted by atomic mass is 10.3. The third-order valence-electron chi connectivity index (χ3n) is 2.56. The molecule has 0 bridgehead atoms. The highest BCUT2D eigenvalue weighted by Gasteiger charge is 2.24. The molecule has 0 unspecified atom stereocenters. The molecule has 0 amide bonds. The first-order valence-electron chi connectivity index (χ1n) is 4.51. The molecule has 4 heteroatoms. The molecule has 2 aromatic rings. The van der Waals surface area contributed by atoms with Gasteiger partial charge in [-0.25, -0.2) is 0 Å². The molecule has 0 aliphatic rings. The molecule has 0 fully saturated rings. The molecular weight excluding hydrogens is 180 g/mol. The van der Waals surface area contributed by atoms with Crippen molar-refractivity contribution in [2.45, 2.75) is 27.7 Å². The molecule has 74 valence electrons. The van der Waals surface area contributed by atoms with Crippen LogP contribution in [-0.2, 0) is 0 Å². The van der Waals surface area contributed by atoms with Gasteiger partial charge in [0.15, 0.2) is 5.76 Å². The van der Waals surface area contributed by atoms with E-state index in [1.165, 1.54) is 0 Å². The van der Waals surface area contributed by atoms with Crippen LogP contribution in [0.3, 0.4) is 0 Å². The van der Waals surface area contributed by atoms with E-state index in [1.807, 2.05) is 32.3 Å². The van der Waals surface area contributed by atoms with Crippen LogP contribution in [0.15, 0.2) is 15.3 Å². The van der Waals surface area contributed by atoms with Crippen molar-refractivity contribution in [3.63, 3.8) is 0 Å². The first kappa shape index (κ1) is 8.99. The molecule has 0 spiro atoms. The molecule has 0 saturated carbocycles. The number of hydrogen-bond acceptors (Lipinski definition) is 3. The summed E-state index contributed by atoms with van der Waals surface area (Å²) < 4.78 is 12.4. The Morgan fingerprint density at radius 1 is 1.21 bits per heavy atom. The van der Waals surface area contributed by atoms with Gasteiger partial charge in [0.05, 0.1) is 11.3 Å². The van der Waals surface area contributed by atoms with E-state index in [0.29, 0.717) is 0 Å². The minimum atomic E-state index is 0.733. The summed E-state index contributed by atoms with van der Waals surface area (Å²) in [5.74, 6) is 1.62. The van der Waals surface area contributed by atoms with Crippen LogP contribution in [0, 0.1) is 27.7 Å². The van der Waals surface area contributed by atoms with Crippen molar-refractivity contribution in [3.05, 3.63) is 29.1 Å². The summed E-state index contributed by atoms with van der Waals surface area (Å²) in [6, 6.07) is 0. The number of hydrogen-bond donors (Lipinski definition) is 0. The van der Waals surface area contributed by atoms with Crippen molar-refractivity contribution >= 4 is 0 Å². The lowest BCUT2D eigenvalue weighted by molar-refractivity contribution is -0.620. The zero-order valence-corrected chi connectivity index (χ0v) is 8.79. The first-order chi connectivity index (χ1) is 6.61. The summed E-state index contributed by atoms with van der Waals surface area (Å²) in [7, 11) is 0. The van der Waals surface area contributed by atoms with Crippen molar-refractivity contribution in [2.24, 2.45) is 0 Å². The molecular formula is C10H13N2O2+. The molecule has 0 aliphatic carbocycles. The highest BCUT2D eigenvalue weighted by molar-refractivity contribution is 5.25. The van der Waals surface area contributed by atoms with Gasteiger partial charge >= 0.3 is 12.3 Å². The lowest BCUT2D eigenvalue weighted by Crippen LogP contribution is -2.31. The minimum absolute atomic E-state index is 0.733. The van der Waals surface area contributed by atoms with Gasteiger partial charge < -0.3 is 4.42 Å². The highest BCUT2D eigenvalue weighted by atomic mass is 16.5. The normalized spacial score (nSPS) is 10.9. The molecule has 0 aromatic carbocycles. The van der Waals surface area contributed by atoms with Crippen LogP contribution in [0.4, 0.5) is 0 Å². The van der Waals surface area contributed by atoms with E-state index in [4.69, 9.17) is 8.94 Å². The maximum atomic E-state index is 5.29. The molecule has 0 saturated heterocycles. The Balaban J connectivity index is 2.60. The second-order valence-corrected chi connectivity index (χ2v) is 3.43. The van der Waals surface area contributed by atoms with E-state index in [2.05, 4.69) is 5.16 Å². The molecule has 0 radical (unpaired) electrons. The zero-order chi connectivity index (χ0) is 10.3. The second kappa shape index (κ2) is 2.97. The number of oxazole rings is 1. The average Bonchev–Trinajstić information content (AvgIpc) is 2.63. The third-order valence-corrected chi connectivity index (χ3v) is 2.56. The number of aromatic nitrogens is 2. The van der Waals surface area contributed by atoms with Crippen LogP contribution in [0.2, 0.25) is 0 Å². The van der Waals surface area contributed by atoms with Crippen molar-refractivity contribution in [1.82, 2.24) is 5.16 Å². The van der Waals surface area contributed by atoms with E-state index >= 15 is 0 Å². The van der Waals surface area contributed by atoms with Crippen molar-refractivity contribution in [3.8, 4) is 5.88 Å². The topological polar surface area (TPSA) is 43.0 Å². The smallest absolute Gasteiger partial charge is 0.407 e. The van der Waals surface area contributed by atoms with Gasteiger partial charge in [-0.05, 0) is 13.8 Å². The minimum Gasteiger partial charge on any atom is -0.408 e. The van der Waals surface area contributed by atoms with Crippen molar-refractivity contribution in [2.75, 3.05) is 0 Å². The summed E-state index contributed by atoms with van der Waals surface area (Å²) in [6.45, 7) is 7.81. The predicted octanol–water partition coefficient (Wildman–Crippen LogP) is 1.78. The summed E-state index contributed by atoms with van der Waals surface area (Å²) in [4.78, 5) is 0. The van der Waals surface area contributed by atoms with E-state index in [-0.39, 0.29) is 0 Å². The lowest BCUT2D eigenvalue weighted by Gasteiger charge is -1.87. The molecule has 0 atom stereocenters. The van der Waals surface area contributed by atoms with Gasteiger partial charge in [0.25, 0.3) is 0 Å². The summed E-state index contributed by atoms with van der Waals surface area (Å²) in [6.07, 6.45) is 1.64. The van der Waals surface area contributed by atoms with Gasteiger partial charge in [0.2, 0.25) is 5.69 Å². The number of rotatable bonds is 1. The Morgan fingerprint density at radius 3 is 2.36 bits per heavy atom. The standard InChI is InChI=1S/C10H13N2O2/c1-6-7(2)11-14-10(6)12-5-13-9(4)8(12)3/h5H,1-4H3/q+1. The second-order valence-electron chi connectivity index (χ2n) is 3.43. The summed E-state index contributed by atoms with van der Waals surface area (Å²) in [5.41, 5.74) is 2.98. The Hall–Kier alpha value is -1.58. The predicted molar refractivity (Wildman–Crippen MR) is 49.2 cm³/mol. The van der Waals surface area contributed by atoms with E-state index in [1.54, 1.807) is 6.39 Å². The van der Waals surface area contributed by atoms with Crippen LogP contribution < -0.4 is 4.57 Å². The van der Waals surface area contributed by atoms with Crippen LogP contribution >= 0.6 is 0 Å². The van der Waals surface area contributed by atoms with Crippen LogP contribution in [0.25, 0.3) is 5.88 Å². The van der Waals surface area contributed by atoms with E-state index in [9.17, 15) is 0 Å². The highest BCUT2D eigenvalue weighted by Crippen LogP contribution is 2.13. The molecule has 2 rings (SSSR count). The molecule has 2 heterocycles. The maximum Gasteiger partial charge on any atom is 0.407 e. The molecule has 4 nitrogen and oxygen atoms in total. The molecule has 2 aromatic heterocycles. The fourth-order valence-electron chi connectivity index (χ4n) is 1.29. The SMILES string of the molecule is Cc1noc(-[n+]2coc(C)c2C)c1C. The molecule has 14 heavy (non-hydrogen) atoms. The van der Waals surface area contributed by atoms with Gasteiger partial charge in [-0.3, -0.25) is 4.52 Å². The van der Waals surface area contributed by atoms with Gasteiger partial charge in [-0.1, -0.05) is 9.72 Å². The first-order valence-corrected chi connectivity index (χ1v) is 4.51. The van der Waals surface area contributed by atoms with Gasteiger partial charge in [-0.15, -0.1) is 0 Å². The fraction of sp³-hybridized carbons (Fsp3) is 0.400. The van der Waals surface area contributed by atoms with Gasteiger partial charge in [-0.2, -0.15) is 0 Å². The zero-order valence-electron chi connectivity index (χ0n) is 8.79. The largest absolute Gasteiger partial charge is 0.408 e. The Labute approximate surface area is 82.1 Å².